The zero-order valence-electron chi connectivity index (χ0n) is 12.2. The van der Waals surface area contributed by atoms with Crippen LogP contribution in [-0.4, -0.2) is 11.1 Å². The van der Waals surface area contributed by atoms with E-state index in [-0.39, 0.29) is 11.5 Å². The van der Waals surface area contributed by atoms with Gasteiger partial charge in [-0.15, -0.1) is 11.6 Å². The first-order chi connectivity index (χ1) is 9.38. The third-order valence-corrected chi connectivity index (χ3v) is 6.57. The highest BCUT2D eigenvalue weighted by Crippen LogP contribution is 2.66. The van der Waals surface area contributed by atoms with Gasteiger partial charge in [0.1, 0.15) is 11.1 Å². The van der Waals surface area contributed by atoms with Gasteiger partial charge in [-0.2, -0.15) is 0 Å². The molecule has 2 bridgehead atoms. The van der Waals surface area contributed by atoms with Gasteiger partial charge < -0.3 is 4.74 Å². The second kappa shape index (κ2) is 4.78. The van der Waals surface area contributed by atoms with Gasteiger partial charge in [0.05, 0.1) is 0 Å². The lowest BCUT2D eigenvalue weighted by Gasteiger charge is -2.38. The van der Waals surface area contributed by atoms with Crippen LogP contribution in [-0.2, 0) is 5.88 Å². The molecule has 2 saturated carbocycles. The van der Waals surface area contributed by atoms with Crippen molar-refractivity contribution in [1.29, 1.82) is 0 Å². The molecule has 4 heteroatoms. The predicted octanol–water partition coefficient (Wildman–Crippen LogP) is 5.07. The van der Waals surface area contributed by atoms with Gasteiger partial charge in [0, 0.05) is 17.5 Å². The highest BCUT2D eigenvalue weighted by atomic mass is 35.5. The monoisotopic (exact) mass is 313 g/mol. The Kier molecular flexibility index (Phi) is 3.45. The minimum absolute atomic E-state index is 0.211. The Hall–Kier alpha value is -0.470. The molecule has 0 radical (unpaired) electrons. The number of hydrogen-bond donors (Lipinski definition) is 0. The summed E-state index contributed by atoms with van der Waals surface area (Å²) >= 11 is 12.1. The van der Waals surface area contributed by atoms with E-state index in [0.717, 1.165) is 17.9 Å². The number of nitrogens with zero attached hydrogens (tertiary/aromatic N) is 1. The minimum Gasteiger partial charge on any atom is -0.473 e. The zero-order chi connectivity index (χ0) is 14.5. The quantitative estimate of drug-likeness (QED) is 0.727. The van der Waals surface area contributed by atoms with Crippen molar-refractivity contribution >= 4 is 23.2 Å². The molecule has 0 aliphatic heterocycles. The molecule has 0 N–H and O–H groups in total. The molecule has 3 unspecified atom stereocenters. The molecular formula is C16H21Cl2NO. The maximum absolute atomic E-state index is 6.26. The number of fused-ring (bicyclic) bond motifs is 2. The second-order valence-electron chi connectivity index (χ2n) is 6.98. The van der Waals surface area contributed by atoms with Crippen LogP contribution in [0.1, 0.15) is 45.6 Å². The largest absolute Gasteiger partial charge is 0.473 e. The van der Waals surface area contributed by atoms with Crippen LogP contribution in [0.15, 0.2) is 12.3 Å². The fourth-order valence-electron chi connectivity index (χ4n) is 4.07. The number of ether oxygens (including phenoxy) is 1. The number of aromatic nitrogens is 1. The third kappa shape index (κ3) is 1.95. The van der Waals surface area contributed by atoms with E-state index in [1.54, 1.807) is 6.20 Å². The number of halogens is 2. The van der Waals surface area contributed by atoms with Crippen LogP contribution in [0.2, 0.25) is 5.02 Å². The molecular weight excluding hydrogens is 293 g/mol. The second-order valence-corrected chi connectivity index (χ2v) is 7.66. The van der Waals surface area contributed by atoms with E-state index in [1.807, 2.05) is 6.07 Å². The number of pyridine rings is 1. The molecule has 2 aliphatic carbocycles. The summed E-state index contributed by atoms with van der Waals surface area (Å²) in [5, 5.41) is 0.562. The standard InChI is InChI=1S/C16H21Cl2NO/c1-15(2)11-4-5-16(15,3)13(7-11)20-14-12(18)6-10(8-17)9-19-14/h6,9,11,13H,4-5,7-8H2,1-3H3. The van der Waals surface area contributed by atoms with E-state index in [4.69, 9.17) is 27.9 Å². The Labute approximate surface area is 130 Å². The third-order valence-electron chi connectivity index (χ3n) is 5.99. The minimum atomic E-state index is 0.211. The Bertz CT molecular complexity index is 531. The van der Waals surface area contributed by atoms with E-state index >= 15 is 0 Å². The van der Waals surface area contributed by atoms with E-state index in [0.29, 0.717) is 22.2 Å². The summed E-state index contributed by atoms with van der Waals surface area (Å²) in [5.41, 5.74) is 1.47. The summed E-state index contributed by atoms with van der Waals surface area (Å²) in [6.07, 6.45) is 5.61. The van der Waals surface area contributed by atoms with Crippen LogP contribution >= 0.6 is 23.2 Å². The Morgan fingerprint density at radius 2 is 2.15 bits per heavy atom. The fraction of sp³-hybridized carbons (Fsp3) is 0.688. The summed E-state index contributed by atoms with van der Waals surface area (Å²) in [6, 6.07) is 1.84. The van der Waals surface area contributed by atoms with Crippen molar-refractivity contribution in [3.8, 4) is 5.88 Å². The predicted molar refractivity (Wildman–Crippen MR) is 82.4 cm³/mol. The molecule has 3 rings (SSSR count). The molecule has 3 atom stereocenters. The first-order valence-corrected chi connectivity index (χ1v) is 8.17. The van der Waals surface area contributed by atoms with Crippen molar-refractivity contribution in [3.05, 3.63) is 22.8 Å². The molecule has 1 heterocycles. The van der Waals surface area contributed by atoms with Crippen molar-refractivity contribution in [2.24, 2.45) is 16.7 Å². The summed E-state index contributed by atoms with van der Waals surface area (Å²) < 4.78 is 6.19. The maximum atomic E-state index is 6.26. The van der Waals surface area contributed by atoms with Crippen molar-refractivity contribution in [2.75, 3.05) is 0 Å². The molecule has 20 heavy (non-hydrogen) atoms. The molecule has 2 aliphatic rings. The van der Waals surface area contributed by atoms with Gasteiger partial charge in [-0.1, -0.05) is 32.4 Å². The van der Waals surface area contributed by atoms with Gasteiger partial charge in [-0.05, 0) is 42.2 Å². The summed E-state index contributed by atoms with van der Waals surface area (Å²) in [7, 11) is 0. The molecule has 2 nitrogen and oxygen atoms in total. The van der Waals surface area contributed by atoms with Crippen LogP contribution in [0, 0.1) is 16.7 Å². The molecule has 1 aromatic heterocycles. The van der Waals surface area contributed by atoms with Gasteiger partial charge in [0.2, 0.25) is 5.88 Å². The average Bonchev–Trinajstić information content (AvgIpc) is 2.74. The molecule has 2 fully saturated rings. The van der Waals surface area contributed by atoms with Crippen LogP contribution in [0.25, 0.3) is 0 Å². The zero-order valence-corrected chi connectivity index (χ0v) is 13.8. The lowest BCUT2D eigenvalue weighted by molar-refractivity contribution is 0.0274. The topological polar surface area (TPSA) is 22.1 Å². The highest BCUT2D eigenvalue weighted by molar-refractivity contribution is 6.32. The first-order valence-electron chi connectivity index (χ1n) is 7.25. The number of alkyl halides is 1. The van der Waals surface area contributed by atoms with Crippen molar-refractivity contribution in [2.45, 2.75) is 52.0 Å². The molecule has 1 aromatic rings. The average molecular weight is 314 g/mol. The van der Waals surface area contributed by atoms with E-state index in [1.165, 1.54) is 12.8 Å². The van der Waals surface area contributed by atoms with Gasteiger partial charge >= 0.3 is 0 Å². The van der Waals surface area contributed by atoms with E-state index in [9.17, 15) is 0 Å². The molecule has 0 spiro atoms. The van der Waals surface area contributed by atoms with Gasteiger partial charge in [-0.3, -0.25) is 0 Å². The fourth-order valence-corrected chi connectivity index (χ4v) is 4.45. The molecule has 0 saturated heterocycles. The lowest BCUT2D eigenvalue weighted by Crippen LogP contribution is -2.39. The van der Waals surface area contributed by atoms with Gasteiger partial charge in [0.15, 0.2) is 0 Å². The molecule has 0 amide bonds. The van der Waals surface area contributed by atoms with Gasteiger partial charge in [-0.25, -0.2) is 4.98 Å². The smallest absolute Gasteiger partial charge is 0.232 e. The number of hydrogen-bond acceptors (Lipinski definition) is 2. The van der Waals surface area contributed by atoms with Crippen molar-refractivity contribution < 1.29 is 4.74 Å². The highest BCUT2D eigenvalue weighted by Gasteiger charge is 2.62. The van der Waals surface area contributed by atoms with Crippen molar-refractivity contribution in [1.82, 2.24) is 4.98 Å². The van der Waals surface area contributed by atoms with Gasteiger partial charge in [0.25, 0.3) is 0 Å². The maximum Gasteiger partial charge on any atom is 0.232 e. The van der Waals surface area contributed by atoms with E-state index < -0.39 is 0 Å². The molecule has 110 valence electrons. The lowest BCUT2D eigenvalue weighted by atomic mass is 9.70. The Morgan fingerprint density at radius 1 is 1.40 bits per heavy atom. The SMILES string of the molecule is CC1(C)C2CCC1(C)C(Oc1ncc(CCl)cc1Cl)C2. The van der Waals surface area contributed by atoms with Crippen LogP contribution in [0.3, 0.4) is 0 Å². The Morgan fingerprint density at radius 3 is 2.65 bits per heavy atom. The first kappa shape index (κ1) is 14.5. The summed E-state index contributed by atoms with van der Waals surface area (Å²) in [4.78, 5) is 4.34. The summed E-state index contributed by atoms with van der Waals surface area (Å²) in [5.74, 6) is 1.72. The summed E-state index contributed by atoms with van der Waals surface area (Å²) in [6.45, 7) is 7.10. The Balaban J connectivity index is 1.83. The van der Waals surface area contributed by atoms with Crippen LogP contribution in [0.4, 0.5) is 0 Å². The van der Waals surface area contributed by atoms with E-state index in [2.05, 4.69) is 25.8 Å². The van der Waals surface area contributed by atoms with Crippen molar-refractivity contribution in [3.63, 3.8) is 0 Å². The van der Waals surface area contributed by atoms with Crippen LogP contribution in [0.5, 0.6) is 5.88 Å². The normalized spacial score (nSPS) is 34.5. The number of rotatable bonds is 3. The molecule has 0 aromatic carbocycles. The van der Waals surface area contributed by atoms with Crippen LogP contribution < -0.4 is 4.74 Å².